The van der Waals surface area contributed by atoms with Crippen LogP contribution < -0.4 is 5.73 Å². The molecular formula is C14H15NO2S. The average molecular weight is 261 g/mol. The minimum Gasteiger partial charge on any atom is -0.460 e. The number of benzene rings is 1. The van der Waals surface area contributed by atoms with Crippen molar-refractivity contribution in [1.82, 2.24) is 0 Å². The molecule has 1 aromatic carbocycles. The maximum absolute atomic E-state index is 11.5. The van der Waals surface area contributed by atoms with Gasteiger partial charge in [0.05, 0.1) is 0 Å². The monoisotopic (exact) mass is 261 g/mol. The van der Waals surface area contributed by atoms with E-state index in [1.807, 2.05) is 41.8 Å². The number of ether oxygens (including phenoxy) is 1. The SMILES string of the molecule is Nc1cccc(CCC(=O)OCc2cccs2)c1. The Morgan fingerprint density at radius 3 is 2.89 bits per heavy atom. The summed E-state index contributed by atoms with van der Waals surface area (Å²) in [4.78, 5) is 12.6. The van der Waals surface area contributed by atoms with Crippen molar-refractivity contribution in [1.29, 1.82) is 0 Å². The Kier molecular flexibility index (Phi) is 4.36. The molecular weight excluding hydrogens is 246 g/mol. The Morgan fingerprint density at radius 2 is 2.17 bits per heavy atom. The molecule has 0 amide bonds. The van der Waals surface area contributed by atoms with Crippen molar-refractivity contribution in [3.05, 3.63) is 52.2 Å². The Morgan fingerprint density at radius 1 is 1.28 bits per heavy atom. The van der Waals surface area contributed by atoms with Crippen LogP contribution in [-0.4, -0.2) is 5.97 Å². The van der Waals surface area contributed by atoms with Crippen LogP contribution in [0.1, 0.15) is 16.9 Å². The van der Waals surface area contributed by atoms with E-state index in [-0.39, 0.29) is 5.97 Å². The highest BCUT2D eigenvalue weighted by Crippen LogP contribution is 2.12. The predicted octanol–water partition coefficient (Wildman–Crippen LogP) is 3.01. The summed E-state index contributed by atoms with van der Waals surface area (Å²) in [6.07, 6.45) is 1.04. The van der Waals surface area contributed by atoms with Gasteiger partial charge in [0.2, 0.25) is 0 Å². The van der Waals surface area contributed by atoms with Crippen LogP contribution in [0.2, 0.25) is 0 Å². The summed E-state index contributed by atoms with van der Waals surface area (Å²) in [6, 6.07) is 11.5. The Bertz CT molecular complexity index is 508. The minimum absolute atomic E-state index is 0.175. The standard InChI is InChI=1S/C14H15NO2S/c15-12-4-1-3-11(9-12)6-7-14(16)17-10-13-5-2-8-18-13/h1-5,8-9H,6-7,10,15H2. The van der Waals surface area contributed by atoms with Crippen LogP contribution in [0.3, 0.4) is 0 Å². The lowest BCUT2D eigenvalue weighted by Crippen LogP contribution is -2.05. The van der Waals surface area contributed by atoms with E-state index < -0.39 is 0 Å². The van der Waals surface area contributed by atoms with Crippen molar-refractivity contribution in [2.45, 2.75) is 19.4 Å². The van der Waals surface area contributed by atoms with Gasteiger partial charge in [0.25, 0.3) is 0 Å². The molecule has 18 heavy (non-hydrogen) atoms. The van der Waals surface area contributed by atoms with E-state index >= 15 is 0 Å². The van der Waals surface area contributed by atoms with Crippen molar-refractivity contribution in [2.75, 3.05) is 5.73 Å². The highest BCUT2D eigenvalue weighted by molar-refractivity contribution is 7.09. The fourth-order valence-electron chi connectivity index (χ4n) is 1.61. The topological polar surface area (TPSA) is 52.3 Å². The van der Waals surface area contributed by atoms with Crippen LogP contribution in [0.15, 0.2) is 41.8 Å². The highest BCUT2D eigenvalue weighted by atomic mass is 32.1. The number of hydrogen-bond acceptors (Lipinski definition) is 4. The summed E-state index contributed by atoms with van der Waals surface area (Å²) >= 11 is 1.59. The van der Waals surface area contributed by atoms with Gasteiger partial charge in [-0.25, -0.2) is 0 Å². The fourth-order valence-corrected chi connectivity index (χ4v) is 2.23. The largest absolute Gasteiger partial charge is 0.460 e. The number of rotatable bonds is 5. The van der Waals surface area contributed by atoms with Gasteiger partial charge in [-0.3, -0.25) is 4.79 Å². The number of esters is 1. The van der Waals surface area contributed by atoms with E-state index in [2.05, 4.69) is 0 Å². The minimum atomic E-state index is -0.175. The molecule has 0 spiro atoms. The second-order valence-corrected chi connectivity index (χ2v) is 5.02. The van der Waals surface area contributed by atoms with Gasteiger partial charge >= 0.3 is 5.97 Å². The lowest BCUT2D eigenvalue weighted by molar-refractivity contribution is -0.144. The van der Waals surface area contributed by atoms with Crippen molar-refractivity contribution in [3.63, 3.8) is 0 Å². The molecule has 2 N–H and O–H groups in total. The number of anilines is 1. The van der Waals surface area contributed by atoms with Crippen LogP contribution in [0, 0.1) is 0 Å². The molecule has 2 rings (SSSR count). The van der Waals surface area contributed by atoms with Crippen LogP contribution in [-0.2, 0) is 22.6 Å². The zero-order valence-electron chi connectivity index (χ0n) is 9.96. The second kappa shape index (κ2) is 6.21. The molecule has 0 bridgehead atoms. The van der Waals surface area contributed by atoms with Crippen LogP contribution in [0.25, 0.3) is 0 Å². The van der Waals surface area contributed by atoms with E-state index in [4.69, 9.17) is 10.5 Å². The molecule has 2 aromatic rings. The lowest BCUT2D eigenvalue weighted by atomic mass is 10.1. The van der Waals surface area contributed by atoms with Crippen molar-refractivity contribution < 1.29 is 9.53 Å². The summed E-state index contributed by atoms with van der Waals surface area (Å²) in [5.41, 5.74) is 7.45. The van der Waals surface area contributed by atoms with E-state index in [9.17, 15) is 4.79 Å². The average Bonchev–Trinajstić information content (AvgIpc) is 2.87. The van der Waals surface area contributed by atoms with E-state index in [0.29, 0.717) is 19.4 Å². The molecule has 0 saturated carbocycles. The first-order valence-electron chi connectivity index (χ1n) is 5.76. The third-order valence-electron chi connectivity index (χ3n) is 2.52. The molecule has 0 unspecified atom stereocenters. The second-order valence-electron chi connectivity index (χ2n) is 3.99. The maximum atomic E-state index is 11.5. The molecule has 3 nitrogen and oxygen atoms in total. The molecule has 0 saturated heterocycles. The molecule has 94 valence electrons. The molecule has 0 aliphatic rings. The third kappa shape index (κ3) is 3.89. The van der Waals surface area contributed by atoms with Crippen LogP contribution in [0.5, 0.6) is 0 Å². The zero-order valence-corrected chi connectivity index (χ0v) is 10.8. The van der Waals surface area contributed by atoms with Crippen molar-refractivity contribution in [3.8, 4) is 0 Å². The fraction of sp³-hybridized carbons (Fsp3) is 0.214. The van der Waals surface area contributed by atoms with Gasteiger partial charge < -0.3 is 10.5 Å². The zero-order chi connectivity index (χ0) is 12.8. The molecule has 0 aliphatic carbocycles. The third-order valence-corrected chi connectivity index (χ3v) is 3.37. The molecule has 1 aromatic heterocycles. The normalized spacial score (nSPS) is 10.2. The van der Waals surface area contributed by atoms with Crippen LogP contribution >= 0.6 is 11.3 Å². The Hall–Kier alpha value is -1.81. The number of nitrogens with two attached hydrogens (primary N) is 1. The van der Waals surface area contributed by atoms with Gasteiger partial charge in [-0.2, -0.15) is 0 Å². The molecule has 0 radical (unpaired) electrons. The molecule has 1 heterocycles. The van der Waals surface area contributed by atoms with Gasteiger partial charge in [0.15, 0.2) is 0 Å². The first-order valence-corrected chi connectivity index (χ1v) is 6.64. The molecule has 4 heteroatoms. The molecule has 0 fully saturated rings. The number of carbonyl (C=O) groups is 1. The number of carbonyl (C=O) groups excluding carboxylic acids is 1. The van der Waals surface area contributed by atoms with Crippen molar-refractivity contribution >= 4 is 23.0 Å². The Balaban J connectivity index is 1.75. The lowest BCUT2D eigenvalue weighted by Gasteiger charge is -2.04. The summed E-state index contributed by atoms with van der Waals surface area (Å²) in [5, 5.41) is 1.97. The highest BCUT2D eigenvalue weighted by Gasteiger charge is 2.05. The van der Waals surface area contributed by atoms with E-state index in [1.54, 1.807) is 11.3 Å². The smallest absolute Gasteiger partial charge is 0.306 e. The molecule has 0 aliphatic heterocycles. The maximum Gasteiger partial charge on any atom is 0.306 e. The number of aryl methyl sites for hydroxylation is 1. The van der Waals surface area contributed by atoms with E-state index in [0.717, 1.165) is 16.1 Å². The first kappa shape index (κ1) is 12.6. The number of nitrogen functional groups attached to an aromatic ring is 1. The summed E-state index contributed by atoms with van der Waals surface area (Å²) in [6.45, 7) is 0.368. The number of thiophene rings is 1. The summed E-state index contributed by atoms with van der Waals surface area (Å²) in [5.74, 6) is -0.175. The van der Waals surface area contributed by atoms with Gasteiger partial charge in [0.1, 0.15) is 6.61 Å². The van der Waals surface area contributed by atoms with E-state index in [1.165, 1.54) is 0 Å². The quantitative estimate of drug-likeness (QED) is 0.665. The van der Waals surface area contributed by atoms with Crippen LogP contribution in [0.4, 0.5) is 5.69 Å². The van der Waals surface area contributed by atoms with Gasteiger partial charge in [0, 0.05) is 17.0 Å². The first-order chi connectivity index (χ1) is 8.74. The van der Waals surface area contributed by atoms with Gasteiger partial charge in [-0.15, -0.1) is 11.3 Å². The predicted molar refractivity (Wildman–Crippen MR) is 73.3 cm³/mol. The van der Waals surface area contributed by atoms with Gasteiger partial charge in [-0.1, -0.05) is 18.2 Å². The Labute approximate surface area is 110 Å². The summed E-state index contributed by atoms with van der Waals surface area (Å²) in [7, 11) is 0. The van der Waals surface area contributed by atoms with Gasteiger partial charge in [-0.05, 0) is 35.6 Å². The molecule has 0 atom stereocenters. The van der Waals surface area contributed by atoms with Crippen molar-refractivity contribution in [2.24, 2.45) is 0 Å². The summed E-state index contributed by atoms with van der Waals surface area (Å²) < 4.78 is 5.18. The number of hydrogen-bond donors (Lipinski definition) is 1.